The topological polar surface area (TPSA) is 78.1 Å². The highest BCUT2D eigenvalue weighted by atomic mass is 32.1. The molecule has 1 aromatic rings. The van der Waals surface area contributed by atoms with E-state index in [1.165, 1.54) is 11.3 Å². The predicted molar refractivity (Wildman–Crippen MR) is 79.5 cm³/mol. The number of nitriles is 1. The molecule has 1 aromatic heterocycles. The zero-order valence-electron chi connectivity index (χ0n) is 11.6. The van der Waals surface area contributed by atoms with E-state index in [2.05, 4.69) is 15.3 Å². The van der Waals surface area contributed by atoms with E-state index in [4.69, 9.17) is 5.26 Å². The minimum atomic E-state index is -0.335. The Bertz CT molecular complexity index is 497. The number of allylic oxidation sites excluding steroid dienone is 2. The quantitative estimate of drug-likeness (QED) is 0.679. The van der Waals surface area contributed by atoms with Crippen LogP contribution >= 0.6 is 11.3 Å². The molecule has 1 heterocycles. The van der Waals surface area contributed by atoms with E-state index in [1.54, 1.807) is 18.6 Å². The lowest BCUT2D eigenvalue weighted by Crippen LogP contribution is -2.23. The molecule has 0 fully saturated rings. The van der Waals surface area contributed by atoms with Crippen LogP contribution < -0.4 is 5.32 Å². The summed E-state index contributed by atoms with van der Waals surface area (Å²) in [7, 11) is 1.68. The molecule has 1 N–H and O–H groups in total. The smallest absolute Gasteiger partial charge is 0.271 e. The largest absolute Gasteiger partial charge is 0.338 e. The Kier molecular flexibility index (Phi) is 8.92. The number of thiazole rings is 1. The van der Waals surface area contributed by atoms with Crippen molar-refractivity contribution < 1.29 is 4.79 Å². The van der Waals surface area contributed by atoms with Gasteiger partial charge in [-0.15, -0.1) is 11.3 Å². The third-order valence-electron chi connectivity index (χ3n) is 1.89. The van der Waals surface area contributed by atoms with Crippen molar-refractivity contribution in [3.8, 4) is 6.07 Å². The molecule has 0 aliphatic carbocycles. The molecule has 1 amide bonds. The van der Waals surface area contributed by atoms with Crippen molar-refractivity contribution >= 4 is 29.0 Å². The Morgan fingerprint density at radius 1 is 1.63 bits per heavy atom. The highest BCUT2D eigenvalue weighted by Gasteiger charge is 2.11. The molecule has 0 atom stereocenters. The number of nitrogens with one attached hydrogen (secondary N) is 1. The normalized spacial score (nSPS) is 10.6. The van der Waals surface area contributed by atoms with Crippen molar-refractivity contribution in [3.05, 3.63) is 22.2 Å². The molecule has 0 aromatic carbocycles. The molecule has 0 radical (unpaired) electrons. The van der Waals surface area contributed by atoms with Crippen LogP contribution in [0.4, 0.5) is 0 Å². The van der Waals surface area contributed by atoms with Gasteiger partial charge < -0.3 is 5.32 Å². The fourth-order valence-corrected chi connectivity index (χ4v) is 1.95. The van der Waals surface area contributed by atoms with E-state index in [0.29, 0.717) is 5.69 Å². The van der Waals surface area contributed by atoms with Crippen molar-refractivity contribution in [1.29, 1.82) is 5.26 Å². The highest BCUT2D eigenvalue weighted by Crippen LogP contribution is 2.18. The second-order valence-electron chi connectivity index (χ2n) is 3.01. The van der Waals surface area contributed by atoms with Gasteiger partial charge in [-0.05, 0) is 6.92 Å². The van der Waals surface area contributed by atoms with Crippen molar-refractivity contribution in [2.24, 2.45) is 4.99 Å². The minimum Gasteiger partial charge on any atom is -0.338 e. The molecule has 102 valence electrons. The maximum atomic E-state index is 11.5. The Balaban J connectivity index is 0.00000154. The van der Waals surface area contributed by atoms with Crippen LogP contribution in [-0.4, -0.2) is 30.7 Å². The van der Waals surface area contributed by atoms with E-state index in [1.807, 2.05) is 32.9 Å². The van der Waals surface area contributed by atoms with Crippen LogP contribution in [0.1, 0.15) is 36.3 Å². The van der Waals surface area contributed by atoms with Crippen LogP contribution in [0, 0.1) is 11.3 Å². The standard InChI is InChI=1S/C11H12N4OS.C2H6/c1-3-8(6-13-2)11-15-9(7-17-11)10(16)14-5-4-12;1-2/h3,6-7H,5H2,1-2H3,(H,14,16);1-2H3/b8-3+,13-6?;. The Hall–Kier alpha value is -2.00. The lowest BCUT2D eigenvalue weighted by molar-refractivity contribution is 0.0954. The summed E-state index contributed by atoms with van der Waals surface area (Å²) in [6.45, 7) is 5.87. The monoisotopic (exact) mass is 278 g/mol. The summed E-state index contributed by atoms with van der Waals surface area (Å²) in [5.74, 6) is -0.335. The average Bonchev–Trinajstić information content (AvgIpc) is 2.94. The van der Waals surface area contributed by atoms with Crippen LogP contribution in [0.5, 0.6) is 0 Å². The van der Waals surface area contributed by atoms with Gasteiger partial charge >= 0.3 is 0 Å². The van der Waals surface area contributed by atoms with Crippen LogP contribution in [0.15, 0.2) is 16.4 Å². The molecule has 5 nitrogen and oxygen atoms in total. The summed E-state index contributed by atoms with van der Waals surface area (Å²) >= 11 is 1.37. The van der Waals surface area contributed by atoms with E-state index in [-0.39, 0.29) is 12.5 Å². The number of carbonyl (C=O) groups is 1. The summed E-state index contributed by atoms with van der Waals surface area (Å²) in [6.07, 6.45) is 3.57. The number of aliphatic imine (C=N–C) groups is 1. The van der Waals surface area contributed by atoms with Crippen LogP contribution in [0.2, 0.25) is 0 Å². The lowest BCUT2D eigenvalue weighted by atomic mass is 10.3. The number of nitrogens with zero attached hydrogens (tertiary/aromatic N) is 3. The van der Waals surface area contributed by atoms with Gasteiger partial charge in [-0.3, -0.25) is 9.79 Å². The first kappa shape index (κ1) is 17.0. The Labute approximate surface area is 117 Å². The maximum absolute atomic E-state index is 11.5. The Morgan fingerprint density at radius 3 is 2.84 bits per heavy atom. The molecule has 6 heteroatoms. The van der Waals surface area contributed by atoms with Gasteiger partial charge in [0.25, 0.3) is 5.91 Å². The van der Waals surface area contributed by atoms with Crippen molar-refractivity contribution in [3.63, 3.8) is 0 Å². The zero-order chi connectivity index (χ0) is 14.7. The molecule has 1 rings (SSSR count). The molecule has 19 heavy (non-hydrogen) atoms. The third-order valence-corrected chi connectivity index (χ3v) is 2.78. The van der Waals surface area contributed by atoms with Gasteiger partial charge in [0.2, 0.25) is 0 Å². The van der Waals surface area contributed by atoms with E-state index in [9.17, 15) is 4.79 Å². The molecular weight excluding hydrogens is 260 g/mol. The van der Waals surface area contributed by atoms with E-state index < -0.39 is 0 Å². The first-order chi connectivity index (χ1) is 9.22. The summed E-state index contributed by atoms with van der Waals surface area (Å²) in [5, 5.41) is 13.2. The summed E-state index contributed by atoms with van der Waals surface area (Å²) < 4.78 is 0. The third kappa shape index (κ3) is 5.44. The average molecular weight is 278 g/mol. The lowest BCUT2D eigenvalue weighted by Gasteiger charge is -1.96. The van der Waals surface area contributed by atoms with Gasteiger partial charge in [0.1, 0.15) is 17.2 Å². The van der Waals surface area contributed by atoms with Crippen LogP contribution in [-0.2, 0) is 0 Å². The van der Waals surface area contributed by atoms with Crippen molar-refractivity contribution in [1.82, 2.24) is 10.3 Å². The van der Waals surface area contributed by atoms with Gasteiger partial charge in [-0.25, -0.2) is 4.98 Å². The van der Waals surface area contributed by atoms with Crippen molar-refractivity contribution in [2.45, 2.75) is 20.8 Å². The minimum absolute atomic E-state index is 0.0153. The fourth-order valence-electron chi connectivity index (χ4n) is 1.11. The number of hydrogen-bond acceptors (Lipinski definition) is 5. The van der Waals surface area contributed by atoms with Gasteiger partial charge in [-0.1, -0.05) is 19.9 Å². The molecule has 0 aliphatic heterocycles. The predicted octanol–water partition coefficient (Wildman–Crippen LogP) is 2.53. The highest BCUT2D eigenvalue weighted by molar-refractivity contribution is 7.11. The first-order valence-corrected chi connectivity index (χ1v) is 6.80. The number of carbonyl (C=O) groups excluding carboxylic acids is 1. The van der Waals surface area contributed by atoms with Gasteiger partial charge in [0.15, 0.2) is 0 Å². The van der Waals surface area contributed by atoms with Gasteiger partial charge in [-0.2, -0.15) is 5.26 Å². The SMILES string of the molecule is C/C=C(\C=NC)c1nc(C(=O)NCC#N)cs1.CC. The molecule has 0 spiro atoms. The number of rotatable bonds is 4. The molecule has 0 saturated heterocycles. The van der Waals surface area contributed by atoms with E-state index >= 15 is 0 Å². The second-order valence-corrected chi connectivity index (χ2v) is 3.87. The molecule has 0 saturated carbocycles. The van der Waals surface area contributed by atoms with Crippen LogP contribution in [0.25, 0.3) is 5.57 Å². The number of amides is 1. The maximum Gasteiger partial charge on any atom is 0.271 e. The van der Waals surface area contributed by atoms with Crippen LogP contribution in [0.3, 0.4) is 0 Å². The van der Waals surface area contributed by atoms with Crippen molar-refractivity contribution in [2.75, 3.05) is 13.6 Å². The Morgan fingerprint density at radius 2 is 2.32 bits per heavy atom. The molecule has 0 unspecified atom stereocenters. The van der Waals surface area contributed by atoms with Gasteiger partial charge in [0.05, 0.1) is 6.07 Å². The fraction of sp³-hybridized carbons (Fsp3) is 0.385. The summed E-state index contributed by atoms with van der Waals surface area (Å²) in [4.78, 5) is 19.6. The van der Waals surface area contributed by atoms with E-state index in [0.717, 1.165) is 10.6 Å². The summed E-state index contributed by atoms with van der Waals surface area (Å²) in [6, 6.07) is 1.84. The van der Waals surface area contributed by atoms with Gasteiger partial charge in [0, 0.05) is 24.2 Å². The number of aromatic nitrogens is 1. The first-order valence-electron chi connectivity index (χ1n) is 5.92. The zero-order valence-corrected chi connectivity index (χ0v) is 12.4. The summed E-state index contributed by atoms with van der Waals surface area (Å²) in [5.41, 5.74) is 1.20. The molecule has 0 bridgehead atoms. The second kappa shape index (κ2) is 9.97. The molecular formula is C13H18N4OS. The number of hydrogen-bond donors (Lipinski definition) is 1. The molecule has 0 aliphatic rings.